The second-order valence-electron chi connectivity index (χ2n) is 4.85. The van der Waals surface area contributed by atoms with Crippen molar-refractivity contribution >= 4 is 0 Å². The van der Waals surface area contributed by atoms with Gasteiger partial charge < -0.3 is 0 Å². The fraction of sp³-hybridized carbons (Fsp3) is 0.312. The van der Waals surface area contributed by atoms with Gasteiger partial charge in [0.05, 0.1) is 0 Å². The van der Waals surface area contributed by atoms with E-state index in [4.69, 9.17) is 0 Å². The van der Waals surface area contributed by atoms with E-state index in [1.807, 2.05) is 18.5 Å². The Morgan fingerprint density at radius 3 is 2.94 bits per heavy atom. The van der Waals surface area contributed by atoms with Crippen LogP contribution in [0.25, 0.3) is 0 Å². The molecule has 2 aromatic rings. The molecule has 1 heterocycles. The van der Waals surface area contributed by atoms with E-state index in [2.05, 4.69) is 35.3 Å². The molecule has 0 N–H and O–H groups in total. The summed E-state index contributed by atoms with van der Waals surface area (Å²) in [6, 6.07) is 13.1. The number of aromatic nitrogens is 1. The molecule has 1 unspecified atom stereocenters. The van der Waals surface area contributed by atoms with Crippen LogP contribution in [0.2, 0.25) is 0 Å². The van der Waals surface area contributed by atoms with Gasteiger partial charge in [-0.15, -0.1) is 0 Å². The van der Waals surface area contributed by atoms with Crippen molar-refractivity contribution in [1.29, 1.82) is 0 Å². The average molecular weight is 223 g/mol. The van der Waals surface area contributed by atoms with E-state index in [0.29, 0.717) is 5.92 Å². The van der Waals surface area contributed by atoms with Crippen molar-refractivity contribution in [3.8, 4) is 0 Å². The Labute approximate surface area is 103 Å². The highest BCUT2D eigenvalue weighted by Gasteiger charge is 2.19. The van der Waals surface area contributed by atoms with Gasteiger partial charge in [0, 0.05) is 12.4 Å². The number of fused-ring (bicyclic) bond motifs is 1. The van der Waals surface area contributed by atoms with Crippen LogP contribution in [0, 0.1) is 0 Å². The molecule has 0 fully saturated rings. The molecule has 1 aromatic carbocycles. The summed E-state index contributed by atoms with van der Waals surface area (Å²) in [5.41, 5.74) is 4.46. The van der Waals surface area contributed by atoms with Gasteiger partial charge in [0.15, 0.2) is 0 Å². The third kappa shape index (κ3) is 2.23. The summed E-state index contributed by atoms with van der Waals surface area (Å²) in [4.78, 5) is 4.21. The summed E-state index contributed by atoms with van der Waals surface area (Å²) < 4.78 is 0. The molecule has 1 atom stereocenters. The van der Waals surface area contributed by atoms with Gasteiger partial charge in [-0.25, -0.2) is 0 Å². The predicted octanol–water partition coefficient (Wildman–Crippen LogP) is 3.74. The Morgan fingerprint density at radius 2 is 2.06 bits per heavy atom. The smallest absolute Gasteiger partial charge is 0.0300 e. The minimum Gasteiger partial charge on any atom is -0.264 e. The number of pyridine rings is 1. The summed E-state index contributed by atoms with van der Waals surface area (Å²) in [5.74, 6) is 0.684. The zero-order valence-corrected chi connectivity index (χ0v) is 9.97. The number of benzene rings is 1. The van der Waals surface area contributed by atoms with Gasteiger partial charge in [-0.2, -0.15) is 0 Å². The molecule has 0 bridgehead atoms. The Kier molecular flexibility index (Phi) is 2.91. The first-order valence-corrected chi connectivity index (χ1v) is 6.40. The molecule has 1 aromatic heterocycles. The number of hydrogen-bond donors (Lipinski definition) is 0. The molecule has 0 spiro atoms. The molecule has 1 aliphatic rings. The highest BCUT2D eigenvalue weighted by molar-refractivity contribution is 5.33. The highest BCUT2D eigenvalue weighted by Crippen LogP contribution is 2.33. The maximum absolute atomic E-state index is 4.21. The van der Waals surface area contributed by atoms with Crippen LogP contribution < -0.4 is 0 Å². The number of hydrogen-bond acceptors (Lipinski definition) is 1. The molecule has 1 heteroatoms. The Bertz CT molecular complexity index is 490. The van der Waals surface area contributed by atoms with Gasteiger partial charge in [0.25, 0.3) is 0 Å². The molecule has 17 heavy (non-hydrogen) atoms. The third-order valence-corrected chi connectivity index (χ3v) is 3.70. The summed E-state index contributed by atoms with van der Waals surface area (Å²) >= 11 is 0. The SMILES string of the molecule is c1cncc(CC2CCCc3ccccc32)c1. The molecule has 0 aliphatic heterocycles. The fourth-order valence-electron chi connectivity index (χ4n) is 2.87. The molecule has 0 radical (unpaired) electrons. The second-order valence-corrected chi connectivity index (χ2v) is 4.85. The highest BCUT2D eigenvalue weighted by atomic mass is 14.6. The predicted molar refractivity (Wildman–Crippen MR) is 70.1 cm³/mol. The Hall–Kier alpha value is -1.63. The van der Waals surface area contributed by atoms with Crippen molar-refractivity contribution in [2.75, 3.05) is 0 Å². The minimum absolute atomic E-state index is 0.684. The van der Waals surface area contributed by atoms with Crippen molar-refractivity contribution in [3.05, 3.63) is 65.5 Å². The van der Waals surface area contributed by atoms with Gasteiger partial charge in [-0.1, -0.05) is 30.3 Å². The first-order valence-electron chi connectivity index (χ1n) is 6.40. The normalized spacial score (nSPS) is 18.7. The topological polar surface area (TPSA) is 12.9 Å². The van der Waals surface area contributed by atoms with Crippen LogP contribution in [0.4, 0.5) is 0 Å². The zero-order chi connectivity index (χ0) is 11.5. The summed E-state index contributed by atoms with van der Waals surface area (Å²) in [7, 11) is 0. The average Bonchev–Trinajstić information content (AvgIpc) is 2.40. The fourth-order valence-corrected chi connectivity index (χ4v) is 2.87. The second kappa shape index (κ2) is 4.70. The van der Waals surface area contributed by atoms with E-state index in [0.717, 1.165) is 6.42 Å². The lowest BCUT2D eigenvalue weighted by molar-refractivity contribution is 0.550. The summed E-state index contributed by atoms with van der Waals surface area (Å²) in [6.07, 6.45) is 8.86. The van der Waals surface area contributed by atoms with E-state index in [1.54, 1.807) is 11.1 Å². The lowest BCUT2D eigenvalue weighted by Gasteiger charge is -2.25. The van der Waals surface area contributed by atoms with E-state index in [1.165, 1.54) is 24.8 Å². The molecule has 0 saturated heterocycles. The van der Waals surface area contributed by atoms with Crippen molar-refractivity contribution in [2.45, 2.75) is 31.6 Å². The van der Waals surface area contributed by atoms with Gasteiger partial charge in [-0.3, -0.25) is 4.98 Å². The van der Waals surface area contributed by atoms with Crippen LogP contribution >= 0.6 is 0 Å². The Morgan fingerprint density at radius 1 is 1.12 bits per heavy atom. The van der Waals surface area contributed by atoms with E-state index < -0.39 is 0 Å². The standard InChI is InChI=1S/C16H17N/c1-2-9-16-14(6-1)7-3-8-15(16)11-13-5-4-10-17-12-13/h1-2,4-6,9-10,12,15H,3,7-8,11H2. The first-order chi connectivity index (χ1) is 8.43. The van der Waals surface area contributed by atoms with Crippen LogP contribution in [0.15, 0.2) is 48.8 Å². The van der Waals surface area contributed by atoms with Crippen molar-refractivity contribution in [2.24, 2.45) is 0 Å². The summed E-state index contributed by atoms with van der Waals surface area (Å²) in [6.45, 7) is 0. The van der Waals surface area contributed by atoms with Gasteiger partial charge in [-0.05, 0) is 54.4 Å². The lowest BCUT2D eigenvalue weighted by Crippen LogP contribution is -2.12. The first kappa shape index (κ1) is 10.5. The molecule has 1 nitrogen and oxygen atoms in total. The zero-order valence-electron chi connectivity index (χ0n) is 9.97. The molecular formula is C16H17N. The maximum Gasteiger partial charge on any atom is 0.0300 e. The number of nitrogens with zero attached hydrogens (tertiary/aromatic N) is 1. The molecule has 0 amide bonds. The van der Waals surface area contributed by atoms with Crippen LogP contribution in [-0.4, -0.2) is 4.98 Å². The van der Waals surface area contributed by atoms with E-state index in [9.17, 15) is 0 Å². The molecular weight excluding hydrogens is 206 g/mol. The van der Waals surface area contributed by atoms with Crippen molar-refractivity contribution < 1.29 is 0 Å². The lowest BCUT2D eigenvalue weighted by atomic mass is 9.80. The molecule has 3 rings (SSSR count). The van der Waals surface area contributed by atoms with Gasteiger partial charge in [0.2, 0.25) is 0 Å². The van der Waals surface area contributed by atoms with Crippen LogP contribution in [0.3, 0.4) is 0 Å². The quantitative estimate of drug-likeness (QED) is 0.755. The van der Waals surface area contributed by atoms with Crippen LogP contribution in [0.5, 0.6) is 0 Å². The van der Waals surface area contributed by atoms with E-state index in [-0.39, 0.29) is 0 Å². The van der Waals surface area contributed by atoms with Crippen molar-refractivity contribution in [3.63, 3.8) is 0 Å². The molecule has 1 aliphatic carbocycles. The number of aryl methyl sites for hydroxylation is 1. The number of rotatable bonds is 2. The van der Waals surface area contributed by atoms with Crippen molar-refractivity contribution in [1.82, 2.24) is 4.98 Å². The monoisotopic (exact) mass is 223 g/mol. The maximum atomic E-state index is 4.21. The Balaban J connectivity index is 1.86. The minimum atomic E-state index is 0.684. The summed E-state index contributed by atoms with van der Waals surface area (Å²) in [5, 5.41) is 0. The van der Waals surface area contributed by atoms with E-state index >= 15 is 0 Å². The molecule has 86 valence electrons. The third-order valence-electron chi connectivity index (χ3n) is 3.70. The van der Waals surface area contributed by atoms with Crippen LogP contribution in [0.1, 0.15) is 35.4 Å². The molecule has 0 saturated carbocycles. The van der Waals surface area contributed by atoms with Gasteiger partial charge in [0.1, 0.15) is 0 Å². The van der Waals surface area contributed by atoms with Crippen LogP contribution in [-0.2, 0) is 12.8 Å². The largest absolute Gasteiger partial charge is 0.264 e. The van der Waals surface area contributed by atoms with Gasteiger partial charge >= 0.3 is 0 Å².